The lowest BCUT2D eigenvalue weighted by atomic mass is 10.0. The van der Waals surface area contributed by atoms with Crippen LogP contribution in [0.3, 0.4) is 0 Å². The summed E-state index contributed by atoms with van der Waals surface area (Å²) in [7, 11) is 0. The molecule has 1 heterocycles. The molecule has 1 aromatic heterocycles. The second-order valence-electron chi connectivity index (χ2n) is 3.22. The molecule has 0 N–H and O–H groups in total. The van der Waals surface area contributed by atoms with Crippen molar-refractivity contribution in [3.8, 4) is 0 Å². The van der Waals surface area contributed by atoms with E-state index >= 15 is 0 Å². The molecule has 11 heavy (non-hydrogen) atoms. The molecule has 2 heteroatoms. The Kier molecular flexibility index (Phi) is 2.19. The summed E-state index contributed by atoms with van der Waals surface area (Å²) in [5.41, 5.74) is 2.22. The number of halogens is 1. The van der Waals surface area contributed by atoms with E-state index in [0.29, 0.717) is 0 Å². The van der Waals surface area contributed by atoms with Gasteiger partial charge in [-0.25, -0.2) is 0 Å². The molecule has 0 aliphatic heterocycles. The summed E-state index contributed by atoms with van der Waals surface area (Å²) in [4.78, 5) is 3.76. The summed E-state index contributed by atoms with van der Waals surface area (Å²) >= 11 is 6.09. The van der Waals surface area contributed by atoms with Gasteiger partial charge in [0.15, 0.2) is 0 Å². The Balaban J connectivity index is 3.06. The first-order valence-electron chi connectivity index (χ1n) is 3.61. The number of aromatic nitrogens is 1. The van der Waals surface area contributed by atoms with Crippen molar-refractivity contribution in [2.24, 2.45) is 0 Å². The molecule has 0 unspecified atom stereocenters. The quantitative estimate of drug-likeness (QED) is 0.590. The van der Waals surface area contributed by atoms with Crippen LogP contribution in [0.15, 0.2) is 18.5 Å². The first-order valence-corrected chi connectivity index (χ1v) is 3.99. The second-order valence-corrected chi connectivity index (χ2v) is 4.17. The molecule has 1 nitrogen and oxygen atoms in total. The molecule has 1 aromatic rings. The average molecular weight is 170 g/mol. The number of alkyl halides is 1. The Bertz CT molecular complexity index is 250. The average Bonchev–Trinajstić information content (AvgIpc) is 1.86. The fourth-order valence-electron chi connectivity index (χ4n) is 0.880. The monoisotopic (exact) mass is 169 g/mol. The van der Waals surface area contributed by atoms with Crippen LogP contribution in [0.2, 0.25) is 0 Å². The second kappa shape index (κ2) is 2.82. The van der Waals surface area contributed by atoms with Crippen molar-refractivity contribution in [1.29, 1.82) is 0 Å². The van der Waals surface area contributed by atoms with Gasteiger partial charge in [0.2, 0.25) is 0 Å². The predicted octanol–water partition coefficient (Wildman–Crippen LogP) is 2.86. The Labute approximate surface area is 72.4 Å². The highest BCUT2D eigenvalue weighted by Crippen LogP contribution is 2.26. The minimum Gasteiger partial charge on any atom is -0.264 e. The fourth-order valence-corrected chi connectivity index (χ4v) is 0.983. The van der Waals surface area contributed by atoms with Gasteiger partial charge in [0, 0.05) is 12.4 Å². The van der Waals surface area contributed by atoms with Gasteiger partial charge in [0.25, 0.3) is 0 Å². The van der Waals surface area contributed by atoms with Gasteiger partial charge < -0.3 is 0 Å². The van der Waals surface area contributed by atoms with Crippen LogP contribution in [0.4, 0.5) is 0 Å². The molecule has 0 amide bonds. The van der Waals surface area contributed by atoms with Gasteiger partial charge >= 0.3 is 0 Å². The largest absolute Gasteiger partial charge is 0.264 e. The van der Waals surface area contributed by atoms with E-state index in [1.807, 2.05) is 27.0 Å². The molecule has 0 bridgehead atoms. The zero-order valence-corrected chi connectivity index (χ0v) is 7.81. The zero-order chi connectivity index (χ0) is 8.48. The van der Waals surface area contributed by atoms with Gasteiger partial charge in [-0.1, -0.05) is 6.07 Å². The maximum Gasteiger partial charge on any atom is 0.0653 e. The van der Waals surface area contributed by atoms with E-state index in [2.05, 4.69) is 11.1 Å². The van der Waals surface area contributed by atoms with E-state index in [1.165, 1.54) is 0 Å². The van der Waals surface area contributed by atoms with Crippen LogP contribution >= 0.6 is 11.6 Å². The molecule has 0 radical (unpaired) electrons. The first kappa shape index (κ1) is 8.54. The van der Waals surface area contributed by atoms with E-state index in [4.69, 9.17) is 11.6 Å². The number of hydrogen-bond acceptors (Lipinski definition) is 1. The lowest BCUT2D eigenvalue weighted by molar-refractivity contribution is 0.759. The topological polar surface area (TPSA) is 12.9 Å². The molecule has 0 fully saturated rings. The minimum atomic E-state index is -0.307. The van der Waals surface area contributed by atoms with Gasteiger partial charge in [0.1, 0.15) is 0 Å². The van der Waals surface area contributed by atoms with E-state index in [1.54, 1.807) is 6.20 Å². The maximum atomic E-state index is 6.09. The van der Waals surface area contributed by atoms with Crippen molar-refractivity contribution in [3.05, 3.63) is 29.6 Å². The van der Waals surface area contributed by atoms with Gasteiger partial charge in [-0.15, -0.1) is 11.6 Å². The molecule has 0 spiro atoms. The van der Waals surface area contributed by atoms with Crippen molar-refractivity contribution in [3.63, 3.8) is 0 Å². The third-order valence-electron chi connectivity index (χ3n) is 1.56. The molecular weight excluding hydrogens is 158 g/mol. The van der Waals surface area contributed by atoms with Crippen molar-refractivity contribution in [2.45, 2.75) is 25.6 Å². The number of rotatable bonds is 1. The summed E-state index contributed by atoms with van der Waals surface area (Å²) in [6, 6.07) is 2.06. The van der Waals surface area contributed by atoms with E-state index in [-0.39, 0.29) is 4.87 Å². The zero-order valence-electron chi connectivity index (χ0n) is 7.06. The summed E-state index contributed by atoms with van der Waals surface area (Å²) < 4.78 is 0. The predicted molar refractivity (Wildman–Crippen MR) is 47.9 cm³/mol. The molecule has 0 saturated carbocycles. The van der Waals surface area contributed by atoms with Gasteiger partial charge in [-0.05, 0) is 31.9 Å². The smallest absolute Gasteiger partial charge is 0.0653 e. The minimum absolute atomic E-state index is 0.307. The lowest BCUT2D eigenvalue weighted by Crippen LogP contribution is -2.07. The molecule has 0 atom stereocenters. The van der Waals surface area contributed by atoms with Crippen LogP contribution in [0, 0.1) is 6.92 Å². The lowest BCUT2D eigenvalue weighted by Gasteiger charge is -2.15. The van der Waals surface area contributed by atoms with Crippen molar-refractivity contribution in [2.75, 3.05) is 0 Å². The highest BCUT2D eigenvalue weighted by molar-refractivity contribution is 6.23. The normalized spacial score (nSPS) is 11.6. The maximum absolute atomic E-state index is 6.09. The summed E-state index contributed by atoms with van der Waals surface area (Å²) in [6.07, 6.45) is 3.63. The fraction of sp³-hybridized carbons (Fsp3) is 0.444. The molecule has 0 aromatic carbocycles. The molecule has 1 rings (SSSR count). The third kappa shape index (κ3) is 2.19. The Morgan fingerprint density at radius 3 is 2.36 bits per heavy atom. The highest BCUT2D eigenvalue weighted by Gasteiger charge is 2.16. The third-order valence-corrected chi connectivity index (χ3v) is 1.78. The Hall–Kier alpha value is -0.560. The standard InChI is InChI=1S/C9H12ClN/c1-7-4-8(6-11-5-7)9(2,3)10/h4-6H,1-3H3. The van der Waals surface area contributed by atoms with Gasteiger partial charge in [-0.3, -0.25) is 4.98 Å². The van der Waals surface area contributed by atoms with Crippen LogP contribution < -0.4 is 0 Å². The van der Waals surface area contributed by atoms with Crippen LogP contribution in [-0.4, -0.2) is 4.98 Å². The number of nitrogens with zero attached hydrogens (tertiary/aromatic N) is 1. The van der Waals surface area contributed by atoms with Crippen LogP contribution in [-0.2, 0) is 4.87 Å². The molecule has 0 saturated heterocycles. The van der Waals surface area contributed by atoms with E-state index in [0.717, 1.165) is 11.1 Å². The van der Waals surface area contributed by atoms with E-state index < -0.39 is 0 Å². The Morgan fingerprint density at radius 2 is 2.00 bits per heavy atom. The van der Waals surface area contributed by atoms with Crippen molar-refractivity contribution < 1.29 is 0 Å². The van der Waals surface area contributed by atoms with Gasteiger partial charge in [0.05, 0.1) is 4.87 Å². The van der Waals surface area contributed by atoms with Crippen LogP contribution in [0.5, 0.6) is 0 Å². The molecule has 0 aliphatic carbocycles. The van der Waals surface area contributed by atoms with Crippen molar-refractivity contribution in [1.82, 2.24) is 4.98 Å². The summed E-state index contributed by atoms with van der Waals surface area (Å²) in [5.74, 6) is 0. The van der Waals surface area contributed by atoms with Gasteiger partial charge in [-0.2, -0.15) is 0 Å². The summed E-state index contributed by atoms with van der Waals surface area (Å²) in [6.45, 7) is 5.94. The van der Waals surface area contributed by atoms with E-state index in [9.17, 15) is 0 Å². The number of pyridine rings is 1. The molecule has 60 valence electrons. The van der Waals surface area contributed by atoms with Crippen LogP contribution in [0.1, 0.15) is 25.0 Å². The molecule has 0 aliphatic rings. The van der Waals surface area contributed by atoms with Crippen LogP contribution in [0.25, 0.3) is 0 Å². The highest BCUT2D eigenvalue weighted by atomic mass is 35.5. The number of aryl methyl sites for hydroxylation is 1. The molecular formula is C9H12ClN. The Morgan fingerprint density at radius 1 is 1.36 bits per heavy atom. The first-order chi connectivity index (χ1) is 5.00. The SMILES string of the molecule is Cc1cncc(C(C)(C)Cl)c1. The van der Waals surface area contributed by atoms with Crippen molar-refractivity contribution >= 4 is 11.6 Å². The summed E-state index contributed by atoms with van der Waals surface area (Å²) in [5, 5.41) is 0. The number of hydrogen-bond donors (Lipinski definition) is 0.